The van der Waals surface area contributed by atoms with Gasteiger partial charge in [0.15, 0.2) is 0 Å². The Balaban J connectivity index is 2.16. The van der Waals surface area contributed by atoms with Crippen LogP contribution in [0.15, 0.2) is 18.2 Å². The van der Waals surface area contributed by atoms with Gasteiger partial charge in [0.05, 0.1) is 22.7 Å². The molecule has 7 heteroatoms. The Morgan fingerprint density at radius 2 is 2.16 bits per heavy atom. The zero-order valence-electron chi connectivity index (χ0n) is 10.1. The number of carbonyl (C=O) groups excluding carboxylic acids is 3. The lowest BCUT2D eigenvalue weighted by Crippen LogP contribution is -2.40. The topological polar surface area (TPSA) is 92.5 Å². The molecule has 0 bridgehead atoms. The van der Waals surface area contributed by atoms with Crippen LogP contribution >= 0.6 is 11.6 Å². The fraction of sp³-hybridized carbons (Fsp3) is 0.250. The summed E-state index contributed by atoms with van der Waals surface area (Å²) in [6.07, 6.45) is -0.0401. The van der Waals surface area contributed by atoms with E-state index in [4.69, 9.17) is 17.3 Å². The highest BCUT2D eigenvalue weighted by Crippen LogP contribution is 2.22. The molecule has 3 amide bonds. The van der Waals surface area contributed by atoms with Crippen LogP contribution in [0.3, 0.4) is 0 Å². The van der Waals surface area contributed by atoms with Crippen LogP contribution in [0.5, 0.6) is 0 Å². The zero-order chi connectivity index (χ0) is 14.2. The Kier molecular flexibility index (Phi) is 3.44. The minimum Gasteiger partial charge on any atom is -0.397 e. The number of anilines is 1. The number of imide groups is 1. The second kappa shape index (κ2) is 4.89. The number of nitrogens with two attached hydrogens (primary N) is 1. The molecule has 3 N–H and O–H groups in total. The molecule has 1 heterocycles. The Labute approximate surface area is 114 Å². The van der Waals surface area contributed by atoms with Crippen molar-refractivity contribution in [2.45, 2.75) is 12.5 Å². The number of nitrogens with one attached hydrogen (secondary N) is 1. The van der Waals surface area contributed by atoms with E-state index in [1.807, 2.05) is 0 Å². The summed E-state index contributed by atoms with van der Waals surface area (Å²) in [5.41, 5.74) is 6.02. The van der Waals surface area contributed by atoms with Gasteiger partial charge in [0, 0.05) is 7.05 Å². The van der Waals surface area contributed by atoms with Crippen LogP contribution in [0.2, 0.25) is 5.02 Å². The third-order valence-electron chi connectivity index (χ3n) is 2.98. The molecule has 1 aliphatic rings. The number of carbonyl (C=O) groups is 3. The van der Waals surface area contributed by atoms with E-state index in [1.165, 1.54) is 13.1 Å². The van der Waals surface area contributed by atoms with E-state index in [9.17, 15) is 14.4 Å². The molecule has 1 aromatic rings. The molecule has 0 saturated carbocycles. The molecule has 0 aliphatic carbocycles. The van der Waals surface area contributed by atoms with Crippen LogP contribution in [-0.4, -0.2) is 35.7 Å². The summed E-state index contributed by atoms with van der Waals surface area (Å²) in [4.78, 5) is 36.0. The van der Waals surface area contributed by atoms with Gasteiger partial charge in [0.2, 0.25) is 5.91 Å². The first-order valence-electron chi connectivity index (χ1n) is 5.57. The van der Waals surface area contributed by atoms with Crippen molar-refractivity contribution in [1.82, 2.24) is 10.2 Å². The molecule has 1 fully saturated rings. The molecular weight excluding hydrogens is 270 g/mol. The van der Waals surface area contributed by atoms with Gasteiger partial charge in [-0.3, -0.25) is 19.3 Å². The number of benzene rings is 1. The summed E-state index contributed by atoms with van der Waals surface area (Å²) >= 11 is 5.82. The average Bonchev–Trinajstić information content (AvgIpc) is 2.60. The second-order valence-electron chi connectivity index (χ2n) is 4.22. The third-order valence-corrected chi connectivity index (χ3v) is 3.31. The van der Waals surface area contributed by atoms with Crippen molar-refractivity contribution >= 4 is 35.0 Å². The Hall–Kier alpha value is -2.08. The zero-order valence-corrected chi connectivity index (χ0v) is 10.9. The Morgan fingerprint density at radius 1 is 1.47 bits per heavy atom. The molecule has 1 atom stereocenters. The number of amides is 3. The Morgan fingerprint density at radius 3 is 2.74 bits per heavy atom. The van der Waals surface area contributed by atoms with Gasteiger partial charge in [0.1, 0.15) is 6.04 Å². The lowest BCUT2D eigenvalue weighted by atomic mass is 10.1. The van der Waals surface area contributed by atoms with E-state index in [-0.39, 0.29) is 28.6 Å². The minimum atomic E-state index is -0.844. The number of para-hydroxylation sites is 1. The molecule has 19 heavy (non-hydrogen) atoms. The quantitative estimate of drug-likeness (QED) is 0.606. The minimum absolute atomic E-state index is 0.0401. The van der Waals surface area contributed by atoms with Crippen molar-refractivity contribution in [3.63, 3.8) is 0 Å². The van der Waals surface area contributed by atoms with Gasteiger partial charge in [0.25, 0.3) is 11.8 Å². The van der Waals surface area contributed by atoms with Gasteiger partial charge in [-0.2, -0.15) is 0 Å². The first-order valence-corrected chi connectivity index (χ1v) is 5.95. The molecule has 1 aromatic carbocycles. The third kappa shape index (κ3) is 2.39. The fourth-order valence-electron chi connectivity index (χ4n) is 1.84. The summed E-state index contributed by atoms with van der Waals surface area (Å²) in [5, 5.41) is 2.75. The van der Waals surface area contributed by atoms with Crippen molar-refractivity contribution in [1.29, 1.82) is 0 Å². The molecule has 2 rings (SSSR count). The van der Waals surface area contributed by atoms with Crippen molar-refractivity contribution in [2.75, 3.05) is 12.8 Å². The van der Waals surface area contributed by atoms with E-state index in [0.29, 0.717) is 0 Å². The number of nitrogens with zero attached hydrogens (tertiary/aromatic N) is 1. The molecular formula is C12H12ClN3O3. The molecule has 100 valence electrons. The maximum absolute atomic E-state index is 12.0. The van der Waals surface area contributed by atoms with Crippen LogP contribution in [0.25, 0.3) is 0 Å². The molecule has 0 radical (unpaired) electrons. The van der Waals surface area contributed by atoms with Crippen molar-refractivity contribution < 1.29 is 14.4 Å². The van der Waals surface area contributed by atoms with E-state index in [1.54, 1.807) is 12.1 Å². The number of rotatable bonds is 2. The second-order valence-corrected chi connectivity index (χ2v) is 4.63. The summed E-state index contributed by atoms with van der Waals surface area (Å²) in [6, 6.07) is 3.80. The number of nitrogen functional groups attached to an aromatic ring is 1. The largest absolute Gasteiger partial charge is 0.397 e. The normalized spacial score (nSPS) is 18.8. The van der Waals surface area contributed by atoms with Gasteiger partial charge >= 0.3 is 0 Å². The smallest absolute Gasteiger partial charge is 0.254 e. The number of halogens is 1. The highest BCUT2D eigenvalue weighted by atomic mass is 35.5. The number of likely N-dealkylation sites (N-methyl/N-ethyl adjacent to an activating group) is 1. The maximum Gasteiger partial charge on any atom is 0.254 e. The van der Waals surface area contributed by atoms with E-state index in [2.05, 4.69) is 5.32 Å². The maximum atomic E-state index is 12.0. The van der Waals surface area contributed by atoms with Crippen LogP contribution < -0.4 is 11.1 Å². The van der Waals surface area contributed by atoms with Gasteiger partial charge in [-0.15, -0.1) is 0 Å². The molecule has 1 saturated heterocycles. The molecule has 1 aliphatic heterocycles. The van der Waals surface area contributed by atoms with E-state index >= 15 is 0 Å². The van der Waals surface area contributed by atoms with E-state index < -0.39 is 17.9 Å². The average molecular weight is 282 g/mol. The number of hydrogen-bond acceptors (Lipinski definition) is 4. The highest BCUT2D eigenvalue weighted by molar-refractivity contribution is 6.34. The van der Waals surface area contributed by atoms with Gasteiger partial charge in [-0.1, -0.05) is 17.7 Å². The highest BCUT2D eigenvalue weighted by Gasteiger charge is 2.37. The van der Waals surface area contributed by atoms with Gasteiger partial charge in [-0.05, 0) is 12.1 Å². The summed E-state index contributed by atoms with van der Waals surface area (Å²) < 4.78 is 0. The van der Waals surface area contributed by atoms with Crippen LogP contribution in [0.4, 0.5) is 5.69 Å². The monoisotopic (exact) mass is 281 g/mol. The van der Waals surface area contributed by atoms with Crippen molar-refractivity contribution in [3.8, 4) is 0 Å². The van der Waals surface area contributed by atoms with Crippen molar-refractivity contribution in [3.05, 3.63) is 28.8 Å². The SMILES string of the molecule is CN1C(=O)CC(NC(=O)c2cccc(Cl)c2N)C1=O. The predicted octanol–water partition coefficient (Wildman–Crippen LogP) is 0.409. The number of likely N-dealkylation sites (tertiary alicyclic amines) is 1. The fourth-order valence-corrected chi connectivity index (χ4v) is 2.01. The summed E-state index contributed by atoms with van der Waals surface area (Å²) in [6.45, 7) is 0. The first kappa shape index (κ1) is 13.4. The molecule has 6 nitrogen and oxygen atoms in total. The molecule has 1 unspecified atom stereocenters. The lowest BCUT2D eigenvalue weighted by molar-refractivity contribution is -0.137. The van der Waals surface area contributed by atoms with Crippen LogP contribution in [0, 0.1) is 0 Å². The summed E-state index contributed by atoms with van der Waals surface area (Å²) in [5.74, 6) is -1.28. The Bertz CT molecular complexity index is 573. The standard InChI is InChI=1S/C12H12ClN3O3/c1-16-9(17)5-8(12(16)19)15-11(18)6-3-2-4-7(13)10(6)14/h2-4,8H,5,14H2,1H3,(H,15,18). The van der Waals surface area contributed by atoms with Crippen molar-refractivity contribution in [2.24, 2.45) is 0 Å². The van der Waals surface area contributed by atoms with E-state index in [0.717, 1.165) is 4.90 Å². The lowest BCUT2D eigenvalue weighted by Gasteiger charge is -2.12. The molecule has 0 aromatic heterocycles. The van der Waals surface area contributed by atoms with Crippen LogP contribution in [0.1, 0.15) is 16.8 Å². The first-order chi connectivity index (χ1) is 8.91. The van der Waals surface area contributed by atoms with Gasteiger partial charge in [-0.25, -0.2) is 0 Å². The van der Waals surface area contributed by atoms with Gasteiger partial charge < -0.3 is 11.1 Å². The van der Waals surface area contributed by atoms with Crippen LogP contribution in [-0.2, 0) is 9.59 Å². The number of hydrogen-bond donors (Lipinski definition) is 2. The summed E-state index contributed by atoms with van der Waals surface area (Å²) in [7, 11) is 1.38. The molecule has 0 spiro atoms. The predicted molar refractivity (Wildman–Crippen MR) is 69.5 cm³/mol.